The van der Waals surface area contributed by atoms with E-state index in [1.807, 2.05) is 0 Å². The first-order valence-electron chi connectivity index (χ1n) is 6.35. The third-order valence-corrected chi connectivity index (χ3v) is 4.43. The number of thiophene rings is 1. The fourth-order valence-electron chi connectivity index (χ4n) is 2.50. The van der Waals surface area contributed by atoms with Gasteiger partial charge in [-0.05, 0) is 24.3 Å². The van der Waals surface area contributed by atoms with Gasteiger partial charge in [0.05, 0.1) is 0 Å². The molecule has 2 rings (SSSR count). The molecule has 1 atom stereocenters. The van der Waals surface area contributed by atoms with Crippen molar-refractivity contribution in [2.45, 2.75) is 43.7 Å². The highest BCUT2D eigenvalue weighted by atomic mass is 32.1. The highest BCUT2D eigenvalue weighted by Gasteiger charge is 2.33. The molecule has 6 heteroatoms. The lowest BCUT2D eigenvalue weighted by Crippen LogP contribution is -2.43. The zero-order valence-corrected chi connectivity index (χ0v) is 11.4. The summed E-state index contributed by atoms with van der Waals surface area (Å²) >= 11 is 1.32. The van der Waals surface area contributed by atoms with Gasteiger partial charge in [0.15, 0.2) is 6.04 Å². The molecule has 0 aromatic carbocycles. The van der Waals surface area contributed by atoms with Crippen molar-refractivity contribution in [3.8, 4) is 0 Å². The van der Waals surface area contributed by atoms with Gasteiger partial charge in [-0.15, -0.1) is 11.3 Å². The van der Waals surface area contributed by atoms with E-state index in [9.17, 15) is 14.7 Å². The first kappa shape index (κ1) is 14.0. The zero-order chi connectivity index (χ0) is 13.9. The summed E-state index contributed by atoms with van der Waals surface area (Å²) in [6.45, 7) is 0. The summed E-state index contributed by atoms with van der Waals surface area (Å²) < 4.78 is 0. The molecule has 5 nitrogen and oxygen atoms in total. The second-order valence-electron chi connectivity index (χ2n) is 5.10. The number of carbonyl (C=O) groups excluding carboxylic acids is 1. The molecule has 0 saturated heterocycles. The van der Waals surface area contributed by atoms with Crippen molar-refractivity contribution in [1.82, 2.24) is 5.32 Å². The minimum Gasteiger partial charge on any atom is -0.479 e. The lowest BCUT2D eigenvalue weighted by molar-refractivity contribution is -0.142. The Morgan fingerprint density at radius 2 is 2.16 bits per heavy atom. The summed E-state index contributed by atoms with van der Waals surface area (Å²) in [5.41, 5.74) is 5.67. The van der Waals surface area contributed by atoms with Gasteiger partial charge in [-0.25, -0.2) is 4.79 Å². The Morgan fingerprint density at radius 3 is 2.68 bits per heavy atom. The monoisotopic (exact) mass is 282 g/mol. The molecule has 104 valence electrons. The van der Waals surface area contributed by atoms with Gasteiger partial charge in [0.1, 0.15) is 0 Å². The fraction of sp³-hybridized carbons (Fsp3) is 0.538. The van der Waals surface area contributed by atoms with Crippen LogP contribution in [0.25, 0.3) is 0 Å². The molecule has 1 aliphatic rings. The lowest BCUT2D eigenvalue weighted by Gasteiger charge is -2.23. The number of carboxylic acids is 1. The van der Waals surface area contributed by atoms with Gasteiger partial charge in [0, 0.05) is 16.8 Å². The van der Waals surface area contributed by atoms with Crippen molar-refractivity contribution in [2.75, 3.05) is 0 Å². The quantitative estimate of drug-likeness (QED) is 0.765. The second kappa shape index (κ2) is 5.71. The van der Waals surface area contributed by atoms with Gasteiger partial charge in [-0.3, -0.25) is 4.79 Å². The van der Waals surface area contributed by atoms with Gasteiger partial charge in [0.2, 0.25) is 5.91 Å². The van der Waals surface area contributed by atoms with Crippen LogP contribution in [0.4, 0.5) is 0 Å². The molecule has 1 amide bonds. The molecular weight excluding hydrogens is 264 g/mol. The van der Waals surface area contributed by atoms with Crippen LogP contribution in [0.3, 0.4) is 0 Å². The predicted octanol–water partition coefficient (Wildman–Crippen LogP) is 1.65. The van der Waals surface area contributed by atoms with Gasteiger partial charge in [0.25, 0.3) is 0 Å². The highest BCUT2D eigenvalue weighted by Crippen LogP contribution is 2.30. The summed E-state index contributed by atoms with van der Waals surface area (Å²) in [4.78, 5) is 23.8. The maximum absolute atomic E-state index is 12.0. The average molecular weight is 282 g/mol. The molecule has 0 radical (unpaired) electrons. The lowest BCUT2D eigenvalue weighted by atomic mass is 9.94. The minimum absolute atomic E-state index is 0.197. The van der Waals surface area contributed by atoms with Crippen molar-refractivity contribution in [3.05, 3.63) is 22.4 Å². The van der Waals surface area contributed by atoms with Crippen LogP contribution >= 0.6 is 11.3 Å². The molecule has 1 fully saturated rings. The number of carbonyl (C=O) groups is 2. The van der Waals surface area contributed by atoms with Crippen LogP contribution in [0.5, 0.6) is 0 Å². The molecule has 19 heavy (non-hydrogen) atoms. The second-order valence-corrected chi connectivity index (χ2v) is 6.08. The molecule has 1 unspecified atom stereocenters. The third kappa shape index (κ3) is 3.54. The van der Waals surface area contributed by atoms with Crippen LogP contribution in [0, 0.1) is 0 Å². The summed E-state index contributed by atoms with van der Waals surface area (Å²) in [7, 11) is 0. The van der Waals surface area contributed by atoms with Crippen LogP contribution in [0.1, 0.15) is 43.0 Å². The molecule has 1 aromatic rings. The summed E-state index contributed by atoms with van der Waals surface area (Å²) in [6, 6.07) is 2.50. The molecule has 0 bridgehead atoms. The van der Waals surface area contributed by atoms with E-state index in [2.05, 4.69) is 5.32 Å². The summed E-state index contributed by atoms with van der Waals surface area (Å²) in [5, 5.41) is 13.5. The Labute approximate surface area is 115 Å². The maximum Gasteiger partial charge on any atom is 0.331 e. The number of hydrogen-bond donors (Lipinski definition) is 3. The molecule has 1 aliphatic carbocycles. The Kier molecular flexibility index (Phi) is 4.21. The van der Waals surface area contributed by atoms with Gasteiger partial charge in [-0.1, -0.05) is 18.9 Å². The molecule has 0 spiro atoms. The normalized spacial score (nSPS) is 19.0. The van der Waals surface area contributed by atoms with E-state index in [0.717, 1.165) is 25.7 Å². The molecule has 0 aliphatic heterocycles. The number of rotatable bonds is 5. The first-order chi connectivity index (χ1) is 9.00. The van der Waals surface area contributed by atoms with Crippen LogP contribution in [0.2, 0.25) is 0 Å². The number of hydrogen-bond acceptors (Lipinski definition) is 4. The van der Waals surface area contributed by atoms with E-state index >= 15 is 0 Å². The molecule has 1 saturated carbocycles. The Hall–Kier alpha value is -1.40. The molecule has 1 aromatic heterocycles. The fourth-order valence-corrected chi connectivity index (χ4v) is 3.26. The average Bonchev–Trinajstić information content (AvgIpc) is 2.97. The van der Waals surface area contributed by atoms with Crippen molar-refractivity contribution in [1.29, 1.82) is 0 Å². The molecular formula is C13H18N2O3S. The van der Waals surface area contributed by atoms with Crippen LogP contribution in [-0.2, 0) is 9.59 Å². The largest absolute Gasteiger partial charge is 0.479 e. The first-order valence-corrected chi connectivity index (χ1v) is 7.23. The standard InChI is InChI=1S/C13H18N2O3S/c14-13(5-1-2-6-13)8-10(16)15-11(12(17)18)9-4-3-7-19-9/h3-4,7,11H,1-2,5-6,8,14H2,(H,15,16)(H,17,18). The SMILES string of the molecule is NC1(CC(=O)NC(C(=O)O)c2cccs2)CCCC1. The predicted molar refractivity (Wildman–Crippen MR) is 72.8 cm³/mol. The number of carboxylic acid groups (broad SMARTS) is 1. The van der Waals surface area contributed by atoms with E-state index < -0.39 is 17.6 Å². The smallest absolute Gasteiger partial charge is 0.331 e. The number of aliphatic carboxylic acids is 1. The van der Waals surface area contributed by atoms with E-state index in [1.165, 1.54) is 11.3 Å². The van der Waals surface area contributed by atoms with Gasteiger partial charge < -0.3 is 16.2 Å². The number of nitrogens with two attached hydrogens (primary N) is 1. The summed E-state index contributed by atoms with van der Waals surface area (Å²) in [5.74, 6) is -1.33. The summed E-state index contributed by atoms with van der Waals surface area (Å²) in [6.07, 6.45) is 3.94. The van der Waals surface area contributed by atoms with Crippen molar-refractivity contribution < 1.29 is 14.7 Å². The zero-order valence-electron chi connectivity index (χ0n) is 10.6. The number of nitrogens with one attached hydrogen (secondary N) is 1. The minimum atomic E-state index is -1.05. The molecule has 1 heterocycles. The van der Waals surface area contributed by atoms with Crippen LogP contribution in [0.15, 0.2) is 17.5 Å². The van der Waals surface area contributed by atoms with E-state index in [1.54, 1.807) is 17.5 Å². The van der Waals surface area contributed by atoms with Crippen LogP contribution < -0.4 is 11.1 Å². The van der Waals surface area contributed by atoms with Crippen molar-refractivity contribution in [3.63, 3.8) is 0 Å². The number of amides is 1. The van der Waals surface area contributed by atoms with E-state index in [4.69, 9.17) is 5.73 Å². The third-order valence-electron chi connectivity index (χ3n) is 3.49. The van der Waals surface area contributed by atoms with Crippen molar-refractivity contribution in [2.24, 2.45) is 5.73 Å². The van der Waals surface area contributed by atoms with Gasteiger partial charge in [-0.2, -0.15) is 0 Å². The Balaban J connectivity index is 1.98. The van der Waals surface area contributed by atoms with Crippen molar-refractivity contribution >= 4 is 23.2 Å². The maximum atomic E-state index is 12.0. The van der Waals surface area contributed by atoms with Crippen LogP contribution in [-0.4, -0.2) is 22.5 Å². The van der Waals surface area contributed by atoms with Gasteiger partial charge >= 0.3 is 5.97 Å². The Morgan fingerprint density at radius 1 is 1.47 bits per heavy atom. The topological polar surface area (TPSA) is 92.4 Å². The highest BCUT2D eigenvalue weighted by molar-refractivity contribution is 7.10. The van der Waals surface area contributed by atoms with E-state index in [-0.39, 0.29) is 12.3 Å². The Bertz CT molecular complexity index is 452. The molecule has 4 N–H and O–H groups in total. The van der Waals surface area contributed by atoms with E-state index in [0.29, 0.717) is 4.88 Å².